The van der Waals surface area contributed by atoms with E-state index >= 15 is 0 Å². The van der Waals surface area contributed by atoms with Crippen LogP contribution in [-0.2, 0) is 29.7 Å². The summed E-state index contributed by atoms with van der Waals surface area (Å²) in [5, 5.41) is 21.3. The number of rotatable bonds is 10. The minimum Gasteiger partial charge on any atom is -0.376 e. The van der Waals surface area contributed by atoms with E-state index in [-0.39, 0.29) is 14.7 Å². The summed E-state index contributed by atoms with van der Waals surface area (Å²) in [5.41, 5.74) is -2.15. The molecule has 3 aromatic rings. The number of benzene rings is 3. The van der Waals surface area contributed by atoms with Crippen molar-refractivity contribution in [2.45, 2.75) is 46.3 Å². The highest BCUT2D eigenvalue weighted by Crippen LogP contribution is 2.24. The first-order valence-electron chi connectivity index (χ1n) is 11.2. The molecule has 3 aromatic carbocycles. The lowest BCUT2D eigenvalue weighted by Crippen LogP contribution is -2.45. The van der Waals surface area contributed by atoms with E-state index in [2.05, 4.69) is 0 Å². The third kappa shape index (κ3) is 6.46. The molecule has 2 N–H and O–H groups in total. The maximum atomic E-state index is 13.4. The van der Waals surface area contributed by atoms with Crippen LogP contribution < -0.4 is 0 Å². The SMILES string of the molecule is Cc1ccc(S(=O)(=O)C(O)CN(CC(O)S(=O)(=O)c2ccc(C)cc2)S(=O)(=O)c2ccc(C)cc2)cc1. The lowest BCUT2D eigenvalue weighted by atomic mass is 10.2. The van der Waals surface area contributed by atoms with Crippen LogP contribution in [0, 0.1) is 20.8 Å². The summed E-state index contributed by atoms with van der Waals surface area (Å²) in [6.07, 6.45) is 0. The second-order valence-corrected chi connectivity index (χ2v) is 14.9. The summed E-state index contributed by atoms with van der Waals surface area (Å²) in [4.78, 5) is -0.713. The molecule has 0 aromatic heterocycles. The van der Waals surface area contributed by atoms with Gasteiger partial charge in [0, 0.05) is 0 Å². The summed E-state index contributed by atoms with van der Waals surface area (Å²) in [7, 11) is -13.3. The van der Waals surface area contributed by atoms with Gasteiger partial charge in [-0.1, -0.05) is 53.1 Å². The smallest absolute Gasteiger partial charge is 0.243 e. The molecule has 2 atom stereocenters. The van der Waals surface area contributed by atoms with E-state index in [9.17, 15) is 35.5 Å². The van der Waals surface area contributed by atoms with E-state index in [1.807, 2.05) is 0 Å². The highest BCUT2D eigenvalue weighted by molar-refractivity contribution is 7.92. The number of hydrogen-bond donors (Lipinski definition) is 2. The average molecular weight is 568 g/mol. The fraction of sp³-hybridized carbons (Fsp3) is 0.280. The molecule has 0 radical (unpaired) electrons. The molecule has 12 heteroatoms. The topological polar surface area (TPSA) is 146 Å². The Morgan fingerprint density at radius 3 is 1.11 bits per heavy atom. The van der Waals surface area contributed by atoms with Gasteiger partial charge in [-0.15, -0.1) is 0 Å². The molecule has 0 bridgehead atoms. The fourth-order valence-electron chi connectivity index (χ4n) is 3.44. The average Bonchev–Trinajstić information content (AvgIpc) is 2.84. The summed E-state index contributed by atoms with van der Waals surface area (Å²) in [5.74, 6) is 0. The standard InChI is InChI=1S/C25H29NO8S3/c1-18-4-10-21(11-5-18)35(29,30)24(27)16-26(37(33,34)23-14-8-20(3)9-15-23)17-25(28)36(31,32)22-12-6-19(2)7-13-22/h4-15,24-25,27-28H,16-17H2,1-3H3. The van der Waals surface area contributed by atoms with Crippen molar-refractivity contribution in [3.05, 3.63) is 89.5 Å². The monoisotopic (exact) mass is 567 g/mol. The third-order valence-corrected chi connectivity index (χ3v) is 11.2. The zero-order valence-electron chi connectivity index (χ0n) is 20.5. The Morgan fingerprint density at radius 2 is 0.811 bits per heavy atom. The molecule has 3 rings (SSSR count). The van der Waals surface area contributed by atoms with E-state index < -0.39 is 53.7 Å². The molecule has 0 aliphatic rings. The first-order valence-corrected chi connectivity index (χ1v) is 15.7. The summed E-state index contributed by atoms with van der Waals surface area (Å²) < 4.78 is 79.3. The van der Waals surface area contributed by atoms with Gasteiger partial charge in [0.2, 0.25) is 29.7 Å². The predicted octanol–water partition coefficient (Wildman–Crippen LogP) is 2.19. The molecular weight excluding hydrogens is 538 g/mol. The van der Waals surface area contributed by atoms with Gasteiger partial charge in [0.15, 0.2) is 10.9 Å². The lowest BCUT2D eigenvalue weighted by Gasteiger charge is -2.27. The fourth-order valence-corrected chi connectivity index (χ4v) is 7.50. The van der Waals surface area contributed by atoms with Gasteiger partial charge in [-0.3, -0.25) is 0 Å². The Kier molecular flexibility index (Phi) is 8.62. The second kappa shape index (κ2) is 11.0. The highest BCUT2D eigenvalue weighted by atomic mass is 32.2. The quantitative estimate of drug-likeness (QED) is 0.379. The van der Waals surface area contributed by atoms with Crippen molar-refractivity contribution in [2.75, 3.05) is 13.1 Å². The van der Waals surface area contributed by atoms with Crippen molar-refractivity contribution >= 4 is 29.7 Å². The number of nitrogens with zero attached hydrogens (tertiary/aromatic N) is 1. The zero-order chi connectivity index (χ0) is 27.6. The van der Waals surface area contributed by atoms with Crippen LogP contribution in [-0.4, -0.2) is 63.7 Å². The molecular formula is C25H29NO8S3. The van der Waals surface area contributed by atoms with Gasteiger partial charge in [-0.25, -0.2) is 25.3 Å². The van der Waals surface area contributed by atoms with Crippen molar-refractivity contribution in [3.8, 4) is 0 Å². The van der Waals surface area contributed by atoms with Crippen molar-refractivity contribution < 1.29 is 35.5 Å². The van der Waals surface area contributed by atoms with Crippen LogP contribution in [0.2, 0.25) is 0 Å². The molecule has 0 spiro atoms. The number of aliphatic hydroxyl groups is 2. The van der Waals surface area contributed by atoms with Crippen molar-refractivity contribution in [1.82, 2.24) is 4.31 Å². The normalized spacial score (nSPS) is 14.4. The maximum Gasteiger partial charge on any atom is 0.243 e. The molecule has 9 nitrogen and oxygen atoms in total. The molecule has 0 heterocycles. The number of hydrogen-bond acceptors (Lipinski definition) is 8. The first-order chi connectivity index (χ1) is 17.2. The Bertz CT molecular complexity index is 1460. The van der Waals surface area contributed by atoms with Gasteiger partial charge in [-0.05, 0) is 57.2 Å². The van der Waals surface area contributed by atoms with Crippen molar-refractivity contribution in [1.29, 1.82) is 0 Å². The Labute approximate surface area is 217 Å². The van der Waals surface area contributed by atoms with E-state index in [1.165, 1.54) is 72.8 Å². The number of aliphatic hydroxyl groups excluding tert-OH is 2. The van der Waals surface area contributed by atoms with Gasteiger partial charge in [0.1, 0.15) is 0 Å². The van der Waals surface area contributed by atoms with Gasteiger partial charge >= 0.3 is 0 Å². The van der Waals surface area contributed by atoms with Crippen LogP contribution in [0.4, 0.5) is 0 Å². The summed E-state index contributed by atoms with van der Waals surface area (Å²) in [6, 6.07) is 16.8. The van der Waals surface area contributed by atoms with E-state index in [0.29, 0.717) is 4.31 Å². The molecule has 0 saturated carbocycles. The Balaban J connectivity index is 2.00. The van der Waals surface area contributed by atoms with Crippen LogP contribution in [0.3, 0.4) is 0 Å². The highest BCUT2D eigenvalue weighted by Gasteiger charge is 2.37. The first kappa shape index (κ1) is 29.0. The second-order valence-electron chi connectivity index (χ2n) is 8.76. The molecule has 0 saturated heterocycles. The van der Waals surface area contributed by atoms with Crippen molar-refractivity contribution in [2.24, 2.45) is 0 Å². The van der Waals surface area contributed by atoms with Gasteiger partial charge in [0.05, 0.1) is 27.8 Å². The maximum absolute atomic E-state index is 13.4. The van der Waals surface area contributed by atoms with Crippen LogP contribution in [0.5, 0.6) is 0 Å². The van der Waals surface area contributed by atoms with Crippen LogP contribution in [0.1, 0.15) is 16.7 Å². The Morgan fingerprint density at radius 1 is 0.541 bits per heavy atom. The number of aryl methyl sites for hydroxylation is 3. The molecule has 0 aliphatic carbocycles. The largest absolute Gasteiger partial charge is 0.376 e. The lowest BCUT2D eigenvalue weighted by molar-refractivity contribution is 0.174. The summed E-state index contributed by atoms with van der Waals surface area (Å²) >= 11 is 0. The molecule has 0 fully saturated rings. The number of sulfonamides is 1. The molecule has 37 heavy (non-hydrogen) atoms. The van der Waals surface area contributed by atoms with Gasteiger partial charge in [-0.2, -0.15) is 4.31 Å². The van der Waals surface area contributed by atoms with E-state index in [4.69, 9.17) is 0 Å². The number of sulfone groups is 2. The van der Waals surface area contributed by atoms with E-state index in [0.717, 1.165) is 16.7 Å². The predicted molar refractivity (Wildman–Crippen MR) is 139 cm³/mol. The summed E-state index contributed by atoms with van der Waals surface area (Å²) in [6.45, 7) is 3.22. The van der Waals surface area contributed by atoms with Crippen LogP contribution in [0.15, 0.2) is 87.5 Å². The van der Waals surface area contributed by atoms with Gasteiger partial charge < -0.3 is 10.2 Å². The van der Waals surface area contributed by atoms with E-state index in [1.54, 1.807) is 20.8 Å². The Hall–Kier alpha value is -2.61. The molecule has 2 unspecified atom stereocenters. The van der Waals surface area contributed by atoms with Gasteiger partial charge in [0.25, 0.3) is 0 Å². The molecule has 0 amide bonds. The van der Waals surface area contributed by atoms with Crippen molar-refractivity contribution in [3.63, 3.8) is 0 Å². The minimum atomic E-state index is -4.52. The minimum absolute atomic E-state index is 0.230. The third-order valence-electron chi connectivity index (χ3n) is 5.79. The van der Waals surface area contributed by atoms with Crippen LogP contribution in [0.25, 0.3) is 0 Å². The van der Waals surface area contributed by atoms with Crippen LogP contribution >= 0.6 is 0 Å². The molecule has 0 aliphatic heterocycles. The molecule has 200 valence electrons. The zero-order valence-corrected chi connectivity index (χ0v) is 23.0.